The molecular weight excluding hydrogens is 316 g/mol. The summed E-state index contributed by atoms with van der Waals surface area (Å²) in [6, 6.07) is 5.81. The number of nitrogens with zero attached hydrogens (tertiary/aromatic N) is 2. The standard InChI is InChI=1S/C16H24N2O4S/c1-17(2)23(21,22)13-8-6-7-12(11-13)16(20)18(3)14-9-4-5-10-15(14)19/h6-8,11,14-15,19H,4-5,9-10H2,1-3H3/t14-,15-/m1/s1. The summed E-state index contributed by atoms with van der Waals surface area (Å²) >= 11 is 0. The lowest BCUT2D eigenvalue weighted by Gasteiger charge is -2.35. The van der Waals surface area contributed by atoms with E-state index in [0.29, 0.717) is 12.0 Å². The molecule has 1 aliphatic rings. The second-order valence-electron chi connectivity index (χ2n) is 6.15. The van der Waals surface area contributed by atoms with Crippen LogP contribution in [0.4, 0.5) is 0 Å². The van der Waals surface area contributed by atoms with Crippen LogP contribution in [0.2, 0.25) is 0 Å². The smallest absolute Gasteiger partial charge is 0.253 e. The average Bonchev–Trinajstić information content (AvgIpc) is 2.54. The van der Waals surface area contributed by atoms with Crippen molar-refractivity contribution in [2.45, 2.75) is 42.7 Å². The molecule has 1 saturated carbocycles. The second-order valence-corrected chi connectivity index (χ2v) is 8.30. The first-order valence-electron chi connectivity index (χ1n) is 7.73. The number of hydrogen-bond acceptors (Lipinski definition) is 4. The molecule has 23 heavy (non-hydrogen) atoms. The summed E-state index contributed by atoms with van der Waals surface area (Å²) in [6.07, 6.45) is 2.88. The third-order valence-corrected chi connectivity index (χ3v) is 6.18. The van der Waals surface area contributed by atoms with Gasteiger partial charge in [-0.1, -0.05) is 18.9 Å². The Labute approximate surface area is 137 Å². The van der Waals surface area contributed by atoms with Crippen molar-refractivity contribution in [3.05, 3.63) is 29.8 Å². The molecule has 0 aliphatic heterocycles. The van der Waals surface area contributed by atoms with Crippen molar-refractivity contribution >= 4 is 15.9 Å². The SMILES string of the molecule is CN(C(=O)c1cccc(S(=O)(=O)N(C)C)c1)[C@@H]1CCCC[C@H]1O. The highest BCUT2D eigenvalue weighted by Crippen LogP contribution is 2.24. The Balaban J connectivity index is 2.26. The fourth-order valence-electron chi connectivity index (χ4n) is 2.90. The molecule has 128 valence electrons. The van der Waals surface area contributed by atoms with Crippen LogP contribution in [0.5, 0.6) is 0 Å². The van der Waals surface area contributed by atoms with Crippen LogP contribution >= 0.6 is 0 Å². The normalized spacial score (nSPS) is 22.1. The van der Waals surface area contributed by atoms with E-state index < -0.39 is 16.1 Å². The lowest BCUT2D eigenvalue weighted by molar-refractivity contribution is 0.0268. The summed E-state index contributed by atoms with van der Waals surface area (Å²) in [6.45, 7) is 0. The number of hydrogen-bond donors (Lipinski definition) is 1. The van der Waals surface area contributed by atoms with Crippen molar-refractivity contribution < 1.29 is 18.3 Å². The fraction of sp³-hybridized carbons (Fsp3) is 0.562. The van der Waals surface area contributed by atoms with Gasteiger partial charge in [-0.3, -0.25) is 4.79 Å². The fourth-order valence-corrected chi connectivity index (χ4v) is 3.85. The van der Waals surface area contributed by atoms with Crippen LogP contribution in [0.25, 0.3) is 0 Å². The van der Waals surface area contributed by atoms with Gasteiger partial charge < -0.3 is 10.0 Å². The number of aliphatic hydroxyl groups excluding tert-OH is 1. The van der Waals surface area contributed by atoms with Crippen molar-refractivity contribution in [1.82, 2.24) is 9.21 Å². The molecule has 0 aromatic heterocycles. The molecule has 1 N–H and O–H groups in total. The van der Waals surface area contributed by atoms with E-state index in [1.165, 1.54) is 31.1 Å². The van der Waals surface area contributed by atoms with Gasteiger partial charge in [-0.05, 0) is 31.0 Å². The van der Waals surface area contributed by atoms with E-state index >= 15 is 0 Å². The number of aliphatic hydroxyl groups is 1. The van der Waals surface area contributed by atoms with E-state index in [2.05, 4.69) is 0 Å². The van der Waals surface area contributed by atoms with E-state index in [1.54, 1.807) is 19.2 Å². The third kappa shape index (κ3) is 3.73. The van der Waals surface area contributed by atoms with E-state index in [-0.39, 0.29) is 16.8 Å². The molecule has 2 atom stereocenters. The summed E-state index contributed by atoms with van der Waals surface area (Å²) in [7, 11) is 0.986. The summed E-state index contributed by atoms with van der Waals surface area (Å²) in [5.74, 6) is -0.272. The van der Waals surface area contributed by atoms with Gasteiger partial charge in [0.05, 0.1) is 17.0 Å². The van der Waals surface area contributed by atoms with Gasteiger partial charge in [0.25, 0.3) is 5.91 Å². The van der Waals surface area contributed by atoms with E-state index in [4.69, 9.17) is 0 Å². The molecule has 0 radical (unpaired) electrons. The van der Waals surface area contributed by atoms with Gasteiger partial charge in [0, 0.05) is 26.7 Å². The van der Waals surface area contributed by atoms with Gasteiger partial charge in [-0.25, -0.2) is 12.7 Å². The molecule has 0 heterocycles. The molecule has 6 nitrogen and oxygen atoms in total. The number of likely N-dealkylation sites (N-methyl/N-ethyl adjacent to an activating group) is 1. The maximum Gasteiger partial charge on any atom is 0.253 e. The molecule has 0 saturated heterocycles. The highest BCUT2D eigenvalue weighted by Gasteiger charge is 2.30. The summed E-state index contributed by atoms with van der Waals surface area (Å²) in [5, 5.41) is 10.1. The molecule has 0 spiro atoms. The largest absolute Gasteiger partial charge is 0.391 e. The molecule has 1 aliphatic carbocycles. The molecule has 1 aromatic carbocycles. The Morgan fingerprint density at radius 1 is 1.17 bits per heavy atom. The number of amides is 1. The van der Waals surface area contributed by atoms with Crippen LogP contribution in [0.15, 0.2) is 29.2 Å². The summed E-state index contributed by atoms with van der Waals surface area (Å²) in [5.41, 5.74) is 0.313. The predicted octanol–water partition coefficient (Wildman–Crippen LogP) is 1.31. The molecule has 2 rings (SSSR count). The molecule has 1 fully saturated rings. The molecule has 7 heteroatoms. The molecule has 1 aromatic rings. The number of sulfonamides is 1. The van der Waals surface area contributed by atoms with Crippen molar-refractivity contribution in [2.75, 3.05) is 21.1 Å². The minimum Gasteiger partial charge on any atom is -0.391 e. The van der Waals surface area contributed by atoms with Crippen molar-refractivity contribution in [3.63, 3.8) is 0 Å². The van der Waals surface area contributed by atoms with Crippen LogP contribution < -0.4 is 0 Å². The highest BCUT2D eigenvalue weighted by atomic mass is 32.2. The maximum atomic E-state index is 12.6. The second kappa shape index (κ2) is 6.98. The van der Waals surface area contributed by atoms with Crippen molar-refractivity contribution in [1.29, 1.82) is 0 Å². The number of carbonyl (C=O) groups excluding carboxylic acids is 1. The predicted molar refractivity (Wildman–Crippen MR) is 87.7 cm³/mol. The van der Waals surface area contributed by atoms with Gasteiger partial charge in [-0.2, -0.15) is 0 Å². The topological polar surface area (TPSA) is 77.9 Å². The lowest BCUT2D eigenvalue weighted by Crippen LogP contribution is -2.46. The molecular formula is C16H24N2O4S. The monoisotopic (exact) mass is 340 g/mol. The highest BCUT2D eigenvalue weighted by molar-refractivity contribution is 7.89. The third-order valence-electron chi connectivity index (χ3n) is 4.37. The Kier molecular flexibility index (Phi) is 5.44. The Bertz CT molecular complexity index is 672. The van der Waals surface area contributed by atoms with Crippen molar-refractivity contribution in [3.8, 4) is 0 Å². The number of carbonyl (C=O) groups is 1. The van der Waals surface area contributed by atoms with E-state index in [9.17, 15) is 18.3 Å². The maximum absolute atomic E-state index is 12.6. The Hall–Kier alpha value is -1.44. The molecule has 1 amide bonds. The van der Waals surface area contributed by atoms with Crippen molar-refractivity contribution in [2.24, 2.45) is 0 Å². The zero-order valence-corrected chi connectivity index (χ0v) is 14.6. The van der Waals surface area contributed by atoms with Crippen LogP contribution in [-0.2, 0) is 10.0 Å². The molecule has 0 unspecified atom stereocenters. The minimum atomic E-state index is -3.58. The van der Waals surface area contributed by atoms with Gasteiger partial charge in [0.2, 0.25) is 10.0 Å². The first-order chi connectivity index (χ1) is 10.7. The zero-order valence-electron chi connectivity index (χ0n) is 13.8. The lowest BCUT2D eigenvalue weighted by atomic mass is 9.91. The zero-order chi connectivity index (χ0) is 17.2. The van der Waals surface area contributed by atoms with Crippen LogP contribution in [0, 0.1) is 0 Å². The van der Waals surface area contributed by atoms with Gasteiger partial charge in [0.1, 0.15) is 0 Å². The first-order valence-corrected chi connectivity index (χ1v) is 9.17. The molecule has 0 bridgehead atoms. The number of benzene rings is 1. The van der Waals surface area contributed by atoms with Crippen LogP contribution in [0.1, 0.15) is 36.0 Å². The average molecular weight is 340 g/mol. The summed E-state index contributed by atoms with van der Waals surface area (Å²) in [4.78, 5) is 14.3. The van der Waals surface area contributed by atoms with Crippen LogP contribution in [0.3, 0.4) is 0 Å². The minimum absolute atomic E-state index is 0.0888. The van der Waals surface area contributed by atoms with Gasteiger partial charge >= 0.3 is 0 Å². The van der Waals surface area contributed by atoms with Gasteiger partial charge in [-0.15, -0.1) is 0 Å². The number of rotatable bonds is 4. The Morgan fingerprint density at radius 3 is 2.43 bits per heavy atom. The van der Waals surface area contributed by atoms with E-state index in [1.807, 2.05) is 0 Å². The quantitative estimate of drug-likeness (QED) is 0.896. The summed E-state index contributed by atoms with van der Waals surface area (Å²) < 4.78 is 25.5. The Morgan fingerprint density at radius 2 is 1.83 bits per heavy atom. The van der Waals surface area contributed by atoms with E-state index in [0.717, 1.165) is 23.6 Å². The van der Waals surface area contributed by atoms with Gasteiger partial charge in [0.15, 0.2) is 0 Å². The first kappa shape index (κ1) is 17.9. The van der Waals surface area contributed by atoms with Crippen LogP contribution in [-0.4, -0.2) is 61.9 Å².